The maximum absolute atomic E-state index is 13.4. The maximum Gasteiger partial charge on any atom is 0.306 e. The fourth-order valence-corrected chi connectivity index (χ4v) is 4.37. The summed E-state index contributed by atoms with van der Waals surface area (Å²) in [6.45, 7) is 1.81. The van der Waals surface area contributed by atoms with Crippen molar-refractivity contribution in [2.75, 3.05) is 5.01 Å². The highest BCUT2D eigenvalue weighted by molar-refractivity contribution is 6.07. The van der Waals surface area contributed by atoms with E-state index in [9.17, 15) is 14.0 Å². The molecule has 0 aliphatic heterocycles. The topological polar surface area (TPSA) is 86.9 Å². The quantitative estimate of drug-likeness (QED) is 0.336. The van der Waals surface area contributed by atoms with Gasteiger partial charge in [-0.25, -0.2) is 9.82 Å². The predicted molar refractivity (Wildman–Crippen MR) is 139 cm³/mol. The van der Waals surface area contributed by atoms with Crippen LogP contribution in [0.3, 0.4) is 0 Å². The number of carbonyl (C=O) groups excluding carboxylic acids is 2. The summed E-state index contributed by atoms with van der Waals surface area (Å²) < 4.78 is 19.2. The number of aryl methyl sites for hydroxylation is 1. The molecule has 1 aromatic heterocycles. The Hall–Kier alpha value is -4.72. The van der Waals surface area contributed by atoms with Gasteiger partial charge in [0.2, 0.25) is 0 Å². The van der Waals surface area contributed by atoms with Crippen LogP contribution in [0.15, 0.2) is 94.4 Å². The van der Waals surface area contributed by atoms with Crippen molar-refractivity contribution in [3.05, 3.63) is 119 Å². The third kappa shape index (κ3) is 5.13. The number of para-hydroxylation sites is 2. The van der Waals surface area contributed by atoms with Gasteiger partial charge in [0.25, 0.3) is 5.91 Å². The molecular formula is C29H25FN4O3. The van der Waals surface area contributed by atoms with E-state index in [0.29, 0.717) is 35.4 Å². The second-order valence-corrected chi connectivity index (χ2v) is 8.66. The molecule has 37 heavy (non-hydrogen) atoms. The minimum atomic E-state index is -0.444. The molecule has 2 N–H and O–H groups in total. The number of fused-ring (bicyclic) bond motifs is 1. The molecule has 0 fully saturated rings. The standard InChI is InChI=1S/C29H25FN4O3/c1-19-26-24(31-32-28(35)20-15-17-21(30)18-16-20)13-8-14-25(26)37-27(19)29(36)33-34(22-9-4-2-5-10-22)23-11-6-3-7-12-23/h2-7,9-12,15-18H,8,13-14H2,1H3,(H,32,35)(H,33,36)/b31-24+. The van der Waals surface area contributed by atoms with E-state index < -0.39 is 17.6 Å². The summed E-state index contributed by atoms with van der Waals surface area (Å²) in [7, 11) is 0. The van der Waals surface area contributed by atoms with Crippen molar-refractivity contribution < 1.29 is 18.4 Å². The van der Waals surface area contributed by atoms with E-state index in [1.165, 1.54) is 24.3 Å². The number of anilines is 2. The van der Waals surface area contributed by atoms with Crippen molar-refractivity contribution in [3.63, 3.8) is 0 Å². The van der Waals surface area contributed by atoms with E-state index in [1.54, 1.807) is 5.01 Å². The minimum Gasteiger partial charge on any atom is -0.455 e. The molecule has 0 radical (unpaired) electrons. The zero-order valence-electron chi connectivity index (χ0n) is 20.2. The molecule has 1 aliphatic rings. The highest BCUT2D eigenvalue weighted by Gasteiger charge is 2.29. The van der Waals surface area contributed by atoms with Gasteiger partial charge in [-0.3, -0.25) is 20.0 Å². The molecule has 7 nitrogen and oxygen atoms in total. The number of benzene rings is 3. The summed E-state index contributed by atoms with van der Waals surface area (Å²) in [5.41, 5.74) is 9.43. The van der Waals surface area contributed by atoms with Crippen molar-refractivity contribution in [3.8, 4) is 0 Å². The van der Waals surface area contributed by atoms with Gasteiger partial charge < -0.3 is 4.42 Å². The maximum atomic E-state index is 13.4. The number of nitrogens with zero attached hydrogens (tertiary/aromatic N) is 2. The van der Waals surface area contributed by atoms with Crippen LogP contribution in [-0.4, -0.2) is 17.5 Å². The van der Waals surface area contributed by atoms with Gasteiger partial charge >= 0.3 is 5.91 Å². The van der Waals surface area contributed by atoms with Crippen LogP contribution in [0.25, 0.3) is 0 Å². The molecule has 3 aromatic carbocycles. The van der Waals surface area contributed by atoms with Crippen LogP contribution in [0, 0.1) is 12.7 Å². The highest BCUT2D eigenvalue weighted by Crippen LogP contribution is 2.31. The highest BCUT2D eigenvalue weighted by atomic mass is 19.1. The number of hydrazone groups is 1. The van der Waals surface area contributed by atoms with E-state index in [2.05, 4.69) is 16.0 Å². The fraction of sp³-hybridized carbons (Fsp3) is 0.138. The molecule has 1 aliphatic carbocycles. The number of rotatable bonds is 6. The molecule has 0 saturated carbocycles. The second-order valence-electron chi connectivity index (χ2n) is 8.66. The lowest BCUT2D eigenvalue weighted by Gasteiger charge is -2.25. The number of hydrogen-bond acceptors (Lipinski definition) is 5. The number of hydrazine groups is 1. The van der Waals surface area contributed by atoms with Gasteiger partial charge in [-0.05, 0) is 68.3 Å². The van der Waals surface area contributed by atoms with Crippen molar-refractivity contribution in [1.29, 1.82) is 0 Å². The van der Waals surface area contributed by atoms with Gasteiger partial charge in [-0.2, -0.15) is 5.10 Å². The first-order valence-electron chi connectivity index (χ1n) is 12.0. The SMILES string of the molecule is Cc1c(C(=O)NN(c2ccccc2)c2ccccc2)oc2c1/C(=N/NC(=O)c1ccc(F)cc1)CCC2. The van der Waals surface area contributed by atoms with Crippen LogP contribution in [0.4, 0.5) is 15.8 Å². The lowest BCUT2D eigenvalue weighted by molar-refractivity contribution is 0.0921. The Bertz CT molecular complexity index is 1410. The smallest absolute Gasteiger partial charge is 0.306 e. The van der Waals surface area contributed by atoms with Gasteiger partial charge in [0, 0.05) is 23.1 Å². The van der Waals surface area contributed by atoms with Crippen LogP contribution in [-0.2, 0) is 6.42 Å². The normalized spacial score (nSPS) is 13.6. The average molecular weight is 497 g/mol. The number of nitrogens with one attached hydrogen (secondary N) is 2. The van der Waals surface area contributed by atoms with Gasteiger partial charge in [0.05, 0.1) is 17.1 Å². The zero-order chi connectivity index (χ0) is 25.8. The van der Waals surface area contributed by atoms with Crippen molar-refractivity contribution >= 4 is 28.9 Å². The molecule has 8 heteroatoms. The Morgan fingerprint density at radius 3 is 2.11 bits per heavy atom. The number of amides is 2. The summed E-state index contributed by atoms with van der Waals surface area (Å²) in [5, 5.41) is 6.04. The van der Waals surface area contributed by atoms with Gasteiger partial charge in [0.1, 0.15) is 11.6 Å². The average Bonchev–Trinajstić information content (AvgIpc) is 3.28. The molecule has 0 unspecified atom stereocenters. The summed E-state index contributed by atoms with van der Waals surface area (Å²) in [6, 6.07) is 24.3. The van der Waals surface area contributed by atoms with Crippen LogP contribution in [0.5, 0.6) is 0 Å². The zero-order valence-corrected chi connectivity index (χ0v) is 20.2. The van der Waals surface area contributed by atoms with Crippen molar-refractivity contribution in [1.82, 2.24) is 10.9 Å². The monoisotopic (exact) mass is 496 g/mol. The van der Waals surface area contributed by atoms with Crippen LogP contribution in [0.2, 0.25) is 0 Å². The van der Waals surface area contributed by atoms with Crippen LogP contribution >= 0.6 is 0 Å². The molecule has 1 heterocycles. The summed E-state index contributed by atoms with van der Waals surface area (Å²) >= 11 is 0. The number of hydrogen-bond donors (Lipinski definition) is 2. The van der Waals surface area contributed by atoms with Crippen LogP contribution < -0.4 is 15.9 Å². The van der Waals surface area contributed by atoms with Crippen molar-refractivity contribution in [2.45, 2.75) is 26.2 Å². The molecule has 5 rings (SSSR count). The first-order chi connectivity index (χ1) is 18.0. The summed E-state index contributed by atoms with van der Waals surface area (Å²) in [4.78, 5) is 25.9. The van der Waals surface area contributed by atoms with E-state index in [4.69, 9.17) is 4.42 Å². The lowest BCUT2D eigenvalue weighted by atomic mass is 9.93. The number of furan rings is 1. The molecule has 0 atom stereocenters. The fourth-order valence-electron chi connectivity index (χ4n) is 4.37. The van der Waals surface area contributed by atoms with E-state index in [1.807, 2.05) is 67.6 Å². The van der Waals surface area contributed by atoms with Gasteiger partial charge in [-0.15, -0.1) is 0 Å². The van der Waals surface area contributed by atoms with Crippen LogP contribution in [0.1, 0.15) is 50.6 Å². The van der Waals surface area contributed by atoms with E-state index in [-0.39, 0.29) is 5.76 Å². The molecule has 0 bridgehead atoms. The molecule has 0 saturated heterocycles. The first-order valence-corrected chi connectivity index (χ1v) is 12.0. The largest absolute Gasteiger partial charge is 0.455 e. The Balaban J connectivity index is 1.40. The molecule has 4 aromatic rings. The second kappa shape index (κ2) is 10.5. The Morgan fingerprint density at radius 1 is 0.865 bits per heavy atom. The van der Waals surface area contributed by atoms with Gasteiger partial charge in [-0.1, -0.05) is 36.4 Å². The first kappa shape index (κ1) is 24.0. The van der Waals surface area contributed by atoms with E-state index >= 15 is 0 Å². The summed E-state index contributed by atoms with van der Waals surface area (Å²) in [5.74, 6) is -0.400. The Morgan fingerprint density at radius 2 is 1.49 bits per heavy atom. The predicted octanol–water partition coefficient (Wildman–Crippen LogP) is 5.68. The molecule has 2 amide bonds. The molecular weight excluding hydrogens is 471 g/mol. The minimum absolute atomic E-state index is 0.196. The number of carbonyl (C=O) groups is 2. The van der Waals surface area contributed by atoms with Crippen molar-refractivity contribution in [2.24, 2.45) is 5.10 Å². The Kier molecular flexibility index (Phi) is 6.81. The van der Waals surface area contributed by atoms with Gasteiger partial charge in [0.15, 0.2) is 5.76 Å². The molecule has 0 spiro atoms. The molecule has 186 valence electrons. The summed E-state index contributed by atoms with van der Waals surface area (Å²) in [6.07, 6.45) is 2.06. The van der Waals surface area contributed by atoms with E-state index in [0.717, 1.165) is 23.4 Å². The lowest BCUT2D eigenvalue weighted by Crippen LogP contribution is -2.39. The third-order valence-electron chi connectivity index (χ3n) is 6.17. The third-order valence-corrected chi connectivity index (χ3v) is 6.17. The number of halogens is 1. The Labute approximate surface area is 213 Å².